The highest BCUT2D eigenvalue weighted by Gasteiger charge is 2.19. The Bertz CT molecular complexity index is 618. The fraction of sp³-hybridized carbons (Fsp3) is 0.133. The predicted octanol–water partition coefficient (Wildman–Crippen LogP) is 3.84. The molecular weight excluding hydrogens is 288 g/mol. The van der Waals surface area contributed by atoms with E-state index < -0.39 is 0 Å². The molecule has 0 aliphatic carbocycles. The van der Waals surface area contributed by atoms with E-state index in [1.807, 2.05) is 12.1 Å². The number of hydrogen-bond donors (Lipinski definition) is 0. The average molecular weight is 299 g/mol. The van der Waals surface area contributed by atoms with E-state index in [9.17, 15) is 0 Å². The maximum absolute atomic E-state index is 9.01. The molecular formula is C15H11BrN2. The van der Waals surface area contributed by atoms with Gasteiger partial charge in [-0.15, -0.1) is 0 Å². The summed E-state index contributed by atoms with van der Waals surface area (Å²) in [7, 11) is 0. The van der Waals surface area contributed by atoms with Crippen LogP contribution in [0.25, 0.3) is 0 Å². The van der Waals surface area contributed by atoms with Gasteiger partial charge in [-0.3, -0.25) is 0 Å². The fourth-order valence-electron chi connectivity index (χ4n) is 2.34. The first kappa shape index (κ1) is 11.3. The topological polar surface area (TPSA) is 27.0 Å². The maximum Gasteiger partial charge on any atom is 0.0992 e. The largest absolute Gasteiger partial charge is 0.363 e. The molecule has 0 N–H and O–H groups in total. The molecule has 0 saturated carbocycles. The third-order valence-electron chi connectivity index (χ3n) is 3.22. The summed E-state index contributed by atoms with van der Waals surface area (Å²) in [5, 5.41) is 9.01. The molecule has 2 aromatic rings. The van der Waals surface area contributed by atoms with Gasteiger partial charge in [-0.2, -0.15) is 5.26 Å². The van der Waals surface area contributed by atoms with Crippen LogP contribution in [-0.2, 0) is 13.1 Å². The standard InChI is InChI=1S/C15H11BrN2/c16-14-5-11(8-17)6-15(7-14)18-9-12-3-1-2-4-13(12)10-18/h1-7H,9-10H2. The van der Waals surface area contributed by atoms with Crippen molar-refractivity contribution in [2.75, 3.05) is 4.90 Å². The lowest BCUT2D eigenvalue weighted by atomic mass is 10.1. The molecule has 0 atom stereocenters. The third-order valence-corrected chi connectivity index (χ3v) is 3.68. The average Bonchev–Trinajstić information content (AvgIpc) is 2.81. The minimum Gasteiger partial charge on any atom is -0.363 e. The summed E-state index contributed by atoms with van der Waals surface area (Å²) >= 11 is 3.46. The normalized spacial score (nSPS) is 13.2. The van der Waals surface area contributed by atoms with E-state index >= 15 is 0 Å². The Morgan fingerprint density at radius 2 is 1.72 bits per heavy atom. The van der Waals surface area contributed by atoms with Crippen molar-refractivity contribution in [2.24, 2.45) is 0 Å². The molecule has 0 amide bonds. The van der Waals surface area contributed by atoms with Gasteiger partial charge in [0.15, 0.2) is 0 Å². The number of fused-ring (bicyclic) bond motifs is 1. The first-order valence-corrected chi connectivity index (χ1v) is 6.58. The minimum absolute atomic E-state index is 0.690. The van der Waals surface area contributed by atoms with Crippen LogP contribution in [0.4, 0.5) is 5.69 Å². The molecule has 0 saturated heterocycles. The second-order valence-electron chi connectivity index (χ2n) is 4.43. The molecule has 3 heteroatoms. The van der Waals surface area contributed by atoms with Gasteiger partial charge >= 0.3 is 0 Å². The molecule has 1 heterocycles. The Labute approximate surface area is 115 Å². The van der Waals surface area contributed by atoms with Crippen LogP contribution in [0.15, 0.2) is 46.9 Å². The van der Waals surface area contributed by atoms with Crippen LogP contribution in [0.3, 0.4) is 0 Å². The molecule has 0 bridgehead atoms. The van der Waals surface area contributed by atoms with Crippen molar-refractivity contribution in [1.82, 2.24) is 0 Å². The van der Waals surface area contributed by atoms with Crippen LogP contribution < -0.4 is 4.90 Å². The summed E-state index contributed by atoms with van der Waals surface area (Å²) in [5.74, 6) is 0. The van der Waals surface area contributed by atoms with Crippen LogP contribution in [-0.4, -0.2) is 0 Å². The Balaban J connectivity index is 1.95. The Morgan fingerprint density at radius 3 is 2.33 bits per heavy atom. The molecule has 18 heavy (non-hydrogen) atoms. The Kier molecular flexibility index (Phi) is 2.81. The van der Waals surface area contributed by atoms with E-state index in [1.54, 1.807) is 0 Å². The van der Waals surface area contributed by atoms with E-state index in [2.05, 4.69) is 57.2 Å². The van der Waals surface area contributed by atoms with Crippen LogP contribution in [0, 0.1) is 11.3 Å². The molecule has 88 valence electrons. The molecule has 0 fully saturated rings. The van der Waals surface area contributed by atoms with Crippen LogP contribution >= 0.6 is 15.9 Å². The van der Waals surface area contributed by atoms with Gasteiger partial charge in [0.05, 0.1) is 11.6 Å². The third kappa shape index (κ3) is 2.00. The summed E-state index contributed by atoms with van der Waals surface area (Å²) in [6.07, 6.45) is 0. The molecule has 1 aliphatic rings. The zero-order chi connectivity index (χ0) is 12.5. The lowest BCUT2D eigenvalue weighted by Gasteiger charge is -2.18. The van der Waals surface area contributed by atoms with Crippen molar-refractivity contribution < 1.29 is 0 Å². The first-order valence-electron chi connectivity index (χ1n) is 5.79. The van der Waals surface area contributed by atoms with E-state index in [1.165, 1.54) is 11.1 Å². The molecule has 0 spiro atoms. The Morgan fingerprint density at radius 1 is 1.06 bits per heavy atom. The van der Waals surface area contributed by atoms with Crippen molar-refractivity contribution in [1.29, 1.82) is 5.26 Å². The fourth-order valence-corrected chi connectivity index (χ4v) is 2.82. The molecule has 0 radical (unpaired) electrons. The summed E-state index contributed by atoms with van der Waals surface area (Å²) < 4.78 is 0.951. The quantitative estimate of drug-likeness (QED) is 0.800. The highest BCUT2D eigenvalue weighted by Crippen LogP contribution is 2.30. The highest BCUT2D eigenvalue weighted by atomic mass is 79.9. The number of benzene rings is 2. The molecule has 3 rings (SSSR count). The summed E-state index contributed by atoms with van der Waals surface area (Å²) in [6, 6.07) is 16.5. The lowest BCUT2D eigenvalue weighted by Crippen LogP contribution is -2.14. The van der Waals surface area contributed by atoms with Crippen molar-refractivity contribution in [2.45, 2.75) is 13.1 Å². The summed E-state index contributed by atoms with van der Waals surface area (Å²) in [5.41, 5.74) is 4.53. The number of nitriles is 1. The second-order valence-corrected chi connectivity index (χ2v) is 5.35. The van der Waals surface area contributed by atoms with Gasteiger partial charge in [0.25, 0.3) is 0 Å². The SMILES string of the molecule is N#Cc1cc(Br)cc(N2Cc3ccccc3C2)c1. The van der Waals surface area contributed by atoms with Gasteiger partial charge < -0.3 is 4.90 Å². The zero-order valence-electron chi connectivity index (χ0n) is 9.73. The van der Waals surface area contributed by atoms with E-state index in [0.29, 0.717) is 5.56 Å². The van der Waals surface area contributed by atoms with Gasteiger partial charge in [0, 0.05) is 23.2 Å². The monoisotopic (exact) mass is 298 g/mol. The van der Waals surface area contributed by atoms with Crippen LogP contribution in [0.5, 0.6) is 0 Å². The van der Waals surface area contributed by atoms with Crippen molar-refractivity contribution >= 4 is 21.6 Å². The number of rotatable bonds is 1. The molecule has 1 aliphatic heterocycles. The van der Waals surface area contributed by atoms with Gasteiger partial charge in [0.2, 0.25) is 0 Å². The van der Waals surface area contributed by atoms with E-state index in [4.69, 9.17) is 5.26 Å². The van der Waals surface area contributed by atoms with Gasteiger partial charge in [0.1, 0.15) is 0 Å². The molecule has 2 nitrogen and oxygen atoms in total. The first-order chi connectivity index (χ1) is 8.76. The summed E-state index contributed by atoms with van der Waals surface area (Å²) in [6.45, 7) is 1.83. The van der Waals surface area contributed by atoms with E-state index in [-0.39, 0.29) is 0 Å². The van der Waals surface area contributed by atoms with Gasteiger partial charge in [-0.05, 0) is 29.3 Å². The number of nitrogens with zero attached hydrogens (tertiary/aromatic N) is 2. The lowest BCUT2D eigenvalue weighted by molar-refractivity contribution is 0.880. The second kappa shape index (κ2) is 4.47. The van der Waals surface area contributed by atoms with Gasteiger partial charge in [-0.1, -0.05) is 40.2 Å². The molecule has 0 aromatic heterocycles. The zero-order valence-corrected chi connectivity index (χ0v) is 11.3. The Hall–Kier alpha value is -1.79. The highest BCUT2D eigenvalue weighted by molar-refractivity contribution is 9.10. The van der Waals surface area contributed by atoms with Crippen LogP contribution in [0.1, 0.15) is 16.7 Å². The van der Waals surface area contributed by atoms with Crippen molar-refractivity contribution in [3.05, 3.63) is 63.6 Å². The maximum atomic E-state index is 9.01. The van der Waals surface area contributed by atoms with Crippen molar-refractivity contribution in [3.8, 4) is 6.07 Å². The smallest absolute Gasteiger partial charge is 0.0992 e. The van der Waals surface area contributed by atoms with Crippen LogP contribution in [0.2, 0.25) is 0 Å². The summed E-state index contributed by atoms with van der Waals surface area (Å²) in [4.78, 5) is 2.29. The number of halogens is 1. The number of hydrogen-bond acceptors (Lipinski definition) is 2. The van der Waals surface area contributed by atoms with E-state index in [0.717, 1.165) is 23.2 Å². The van der Waals surface area contributed by atoms with Crippen molar-refractivity contribution in [3.63, 3.8) is 0 Å². The van der Waals surface area contributed by atoms with Gasteiger partial charge in [-0.25, -0.2) is 0 Å². The molecule has 2 aromatic carbocycles. The molecule has 0 unspecified atom stereocenters. The predicted molar refractivity (Wildman–Crippen MR) is 75.2 cm³/mol. The minimum atomic E-state index is 0.690. The number of anilines is 1.